The first kappa shape index (κ1) is 12.8. The zero-order valence-electron chi connectivity index (χ0n) is 9.68. The molecule has 18 heavy (non-hydrogen) atoms. The largest absolute Gasteiger partial charge is 0.378 e. The average Bonchev–Trinajstić information content (AvgIpc) is 2.73. The Bertz CT molecular complexity index is 498. The van der Waals surface area contributed by atoms with E-state index in [2.05, 4.69) is 15.4 Å². The van der Waals surface area contributed by atoms with Crippen molar-refractivity contribution in [1.29, 1.82) is 0 Å². The summed E-state index contributed by atoms with van der Waals surface area (Å²) >= 11 is 0.538. The van der Waals surface area contributed by atoms with Gasteiger partial charge < -0.3 is 5.32 Å². The van der Waals surface area contributed by atoms with Crippen LogP contribution in [0.1, 0.15) is 5.82 Å². The van der Waals surface area contributed by atoms with Gasteiger partial charge in [-0.3, -0.25) is 4.68 Å². The summed E-state index contributed by atoms with van der Waals surface area (Å²) in [6.45, 7) is 0.540. The molecule has 0 saturated carbocycles. The van der Waals surface area contributed by atoms with E-state index >= 15 is 0 Å². The molecular formula is C11H12F2N4S. The molecule has 1 N–H and O–H groups in total. The number of rotatable bonds is 5. The zero-order valence-corrected chi connectivity index (χ0v) is 10.5. The van der Waals surface area contributed by atoms with E-state index in [-0.39, 0.29) is 0 Å². The number of nitrogens with zero attached hydrogens (tertiary/aromatic N) is 3. The SMILES string of the molecule is Cn1ncnc1CNc1ccc(SC(F)F)cc1. The number of alkyl halides is 2. The summed E-state index contributed by atoms with van der Waals surface area (Å²) in [6, 6.07) is 6.85. The van der Waals surface area contributed by atoms with Gasteiger partial charge in [-0.25, -0.2) is 4.98 Å². The highest BCUT2D eigenvalue weighted by Gasteiger charge is 2.05. The molecule has 0 unspecified atom stereocenters. The lowest BCUT2D eigenvalue weighted by Crippen LogP contribution is -2.06. The van der Waals surface area contributed by atoms with Crippen LogP contribution in [-0.2, 0) is 13.6 Å². The van der Waals surface area contributed by atoms with Crippen LogP contribution in [0.5, 0.6) is 0 Å². The predicted octanol–water partition coefficient (Wildman–Crippen LogP) is 2.74. The summed E-state index contributed by atoms with van der Waals surface area (Å²) in [4.78, 5) is 4.62. The lowest BCUT2D eigenvalue weighted by atomic mass is 10.3. The fraction of sp³-hybridized carbons (Fsp3) is 0.273. The molecule has 2 aromatic rings. The van der Waals surface area contributed by atoms with Gasteiger partial charge in [0.05, 0.1) is 6.54 Å². The van der Waals surface area contributed by atoms with Crippen LogP contribution in [0.3, 0.4) is 0 Å². The van der Waals surface area contributed by atoms with Gasteiger partial charge in [-0.05, 0) is 24.3 Å². The molecule has 0 aliphatic carbocycles. The number of benzene rings is 1. The van der Waals surface area contributed by atoms with Gasteiger partial charge in [-0.1, -0.05) is 11.8 Å². The van der Waals surface area contributed by atoms with E-state index in [4.69, 9.17) is 0 Å². The number of hydrogen-bond acceptors (Lipinski definition) is 4. The number of hydrogen-bond donors (Lipinski definition) is 1. The molecule has 7 heteroatoms. The van der Waals surface area contributed by atoms with Crippen molar-refractivity contribution in [2.75, 3.05) is 5.32 Å². The summed E-state index contributed by atoms with van der Waals surface area (Å²) in [5.74, 6) is -1.58. The average molecular weight is 270 g/mol. The highest BCUT2D eigenvalue weighted by molar-refractivity contribution is 7.99. The van der Waals surface area contributed by atoms with Crippen molar-refractivity contribution in [3.63, 3.8) is 0 Å². The number of aryl methyl sites for hydroxylation is 1. The van der Waals surface area contributed by atoms with E-state index < -0.39 is 5.76 Å². The van der Waals surface area contributed by atoms with Gasteiger partial charge in [-0.15, -0.1) is 0 Å². The smallest absolute Gasteiger partial charge is 0.288 e. The summed E-state index contributed by atoms with van der Waals surface area (Å²) in [5, 5.41) is 7.10. The molecular weight excluding hydrogens is 258 g/mol. The van der Waals surface area contributed by atoms with Gasteiger partial charge in [-0.2, -0.15) is 13.9 Å². The Morgan fingerprint density at radius 3 is 2.61 bits per heavy atom. The predicted molar refractivity (Wildman–Crippen MR) is 66.6 cm³/mol. The van der Waals surface area contributed by atoms with Crippen molar-refractivity contribution in [2.24, 2.45) is 7.05 Å². The van der Waals surface area contributed by atoms with Crippen molar-refractivity contribution >= 4 is 17.4 Å². The third-order valence-electron chi connectivity index (χ3n) is 2.34. The van der Waals surface area contributed by atoms with Gasteiger partial charge in [0.2, 0.25) is 0 Å². The monoisotopic (exact) mass is 270 g/mol. The van der Waals surface area contributed by atoms with Crippen molar-refractivity contribution < 1.29 is 8.78 Å². The Morgan fingerprint density at radius 1 is 1.33 bits per heavy atom. The van der Waals surface area contributed by atoms with Crippen molar-refractivity contribution in [3.8, 4) is 0 Å². The van der Waals surface area contributed by atoms with Gasteiger partial charge >= 0.3 is 0 Å². The summed E-state index contributed by atoms with van der Waals surface area (Å²) < 4.78 is 25.9. The van der Waals surface area contributed by atoms with Crippen molar-refractivity contribution in [1.82, 2.24) is 14.8 Å². The lowest BCUT2D eigenvalue weighted by molar-refractivity contribution is 0.252. The molecule has 0 aliphatic rings. The molecule has 1 heterocycles. The Labute approximate surface area is 107 Å². The van der Waals surface area contributed by atoms with Crippen LogP contribution >= 0.6 is 11.8 Å². The molecule has 0 saturated heterocycles. The Balaban J connectivity index is 1.92. The second-order valence-electron chi connectivity index (χ2n) is 3.56. The fourth-order valence-electron chi connectivity index (χ4n) is 1.42. The quantitative estimate of drug-likeness (QED) is 0.848. The minimum atomic E-state index is -2.39. The third kappa shape index (κ3) is 3.43. The molecule has 0 atom stereocenters. The van der Waals surface area contributed by atoms with E-state index in [1.807, 2.05) is 7.05 Å². The van der Waals surface area contributed by atoms with Gasteiger partial charge in [0.15, 0.2) is 0 Å². The first-order chi connectivity index (χ1) is 8.65. The fourth-order valence-corrected chi connectivity index (χ4v) is 1.91. The molecule has 0 fully saturated rings. The van der Waals surface area contributed by atoms with Crippen molar-refractivity contribution in [2.45, 2.75) is 17.2 Å². The van der Waals surface area contributed by atoms with E-state index in [9.17, 15) is 8.78 Å². The Kier molecular flexibility index (Phi) is 4.14. The first-order valence-corrected chi connectivity index (χ1v) is 6.15. The van der Waals surface area contributed by atoms with Crippen LogP contribution in [0.4, 0.5) is 14.5 Å². The van der Waals surface area contributed by atoms with Crippen LogP contribution in [0.25, 0.3) is 0 Å². The summed E-state index contributed by atoms with van der Waals surface area (Å²) in [7, 11) is 1.81. The molecule has 0 amide bonds. The number of anilines is 1. The third-order valence-corrected chi connectivity index (χ3v) is 3.06. The number of nitrogens with one attached hydrogen (secondary N) is 1. The zero-order chi connectivity index (χ0) is 13.0. The lowest BCUT2D eigenvalue weighted by Gasteiger charge is -2.06. The summed E-state index contributed by atoms with van der Waals surface area (Å²) in [6.07, 6.45) is 1.49. The number of thioether (sulfide) groups is 1. The molecule has 0 radical (unpaired) electrons. The minimum absolute atomic E-state index is 0.538. The molecule has 4 nitrogen and oxygen atoms in total. The second-order valence-corrected chi connectivity index (χ2v) is 4.62. The highest BCUT2D eigenvalue weighted by Crippen LogP contribution is 2.26. The maximum atomic E-state index is 12.1. The molecule has 96 valence electrons. The molecule has 0 bridgehead atoms. The highest BCUT2D eigenvalue weighted by atomic mass is 32.2. The van der Waals surface area contributed by atoms with Crippen LogP contribution in [-0.4, -0.2) is 20.5 Å². The van der Waals surface area contributed by atoms with E-state index in [0.29, 0.717) is 23.2 Å². The maximum absolute atomic E-state index is 12.1. The Morgan fingerprint density at radius 2 is 2.06 bits per heavy atom. The standard InChI is InChI=1S/C11H12F2N4S/c1-17-10(15-7-16-17)6-14-8-2-4-9(5-3-8)18-11(12)13/h2-5,7,11,14H,6H2,1H3. The van der Waals surface area contributed by atoms with Crippen molar-refractivity contribution in [3.05, 3.63) is 36.4 Å². The minimum Gasteiger partial charge on any atom is -0.378 e. The topological polar surface area (TPSA) is 42.7 Å². The number of halogens is 2. The van der Waals surface area contributed by atoms with Gasteiger partial charge in [0.1, 0.15) is 12.2 Å². The Hall–Kier alpha value is -1.63. The molecule has 1 aromatic heterocycles. The number of aromatic nitrogens is 3. The molecule has 1 aromatic carbocycles. The maximum Gasteiger partial charge on any atom is 0.288 e. The summed E-state index contributed by atoms with van der Waals surface area (Å²) in [5.41, 5.74) is 0.858. The molecule has 0 aliphatic heterocycles. The van der Waals surface area contributed by atoms with Crippen LogP contribution in [0, 0.1) is 0 Å². The van der Waals surface area contributed by atoms with E-state index in [1.54, 1.807) is 28.9 Å². The van der Waals surface area contributed by atoms with E-state index in [1.165, 1.54) is 6.33 Å². The normalized spacial score (nSPS) is 10.9. The van der Waals surface area contributed by atoms with Crippen LogP contribution in [0.15, 0.2) is 35.5 Å². The van der Waals surface area contributed by atoms with Gasteiger partial charge in [0, 0.05) is 17.6 Å². The molecule has 0 spiro atoms. The second kappa shape index (κ2) is 5.81. The molecule has 2 rings (SSSR count). The van der Waals surface area contributed by atoms with Crippen LogP contribution < -0.4 is 5.32 Å². The van der Waals surface area contributed by atoms with Crippen LogP contribution in [0.2, 0.25) is 0 Å². The van der Waals surface area contributed by atoms with Gasteiger partial charge in [0.25, 0.3) is 5.76 Å². The first-order valence-electron chi connectivity index (χ1n) is 5.27. The van der Waals surface area contributed by atoms with E-state index in [0.717, 1.165) is 11.5 Å².